The van der Waals surface area contributed by atoms with Gasteiger partial charge in [-0.3, -0.25) is 4.79 Å². The minimum absolute atomic E-state index is 0.156. The lowest BCUT2D eigenvalue weighted by Gasteiger charge is -2.38. The number of carbonyl (C=O) groups is 1. The molecule has 2 aliphatic rings. The van der Waals surface area contributed by atoms with Crippen LogP contribution in [0.2, 0.25) is 0 Å². The summed E-state index contributed by atoms with van der Waals surface area (Å²) >= 11 is 0. The van der Waals surface area contributed by atoms with E-state index in [1.54, 1.807) is 0 Å². The molecule has 2 aromatic rings. The smallest absolute Gasteiger partial charge is 0.231 e. The van der Waals surface area contributed by atoms with E-state index in [2.05, 4.69) is 0 Å². The Morgan fingerprint density at radius 3 is 2.22 bits per heavy atom. The highest BCUT2D eigenvalue weighted by Gasteiger charge is 2.45. The zero-order chi connectivity index (χ0) is 23.3. The molecule has 12 heteroatoms. The highest BCUT2D eigenvalue weighted by molar-refractivity contribution is 6.05. The molecule has 4 rings (SSSR count). The van der Waals surface area contributed by atoms with Crippen molar-refractivity contribution in [1.29, 1.82) is 0 Å². The van der Waals surface area contributed by atoms with Gasteiger partial charge in [0.2, 0.25) is 12.1 Å². The number of aromatic hydroxyl groups is 3. The van der Waals surface area contributed by atoms with Gasteiger partial charge < -0.3 is 55.1 Å². The molecule has 0 saturated carbocycles. The summed E-state index contributed by atoms with van der Waals surface area (Å²) in [5.41, 5.74) is -0.186. The Labute approximate surface area is 179 Å². The van der Waals surface area contributed by atoms with Crippen LogP contribution in [0.4, 0.5) is 0 Å². The van der Waals surface area contributed by atoms with Crippen LogP contribution < -0.4 is 9.47 Å². The van der Waals surface area contributed by atoms with E-state index in [0.717, 1.165) is 24.3 Å². The summed E-state index contributed by atoms with van der Waals surface area (Å²) in [6, 6.07) is 5.68. The minimum atomic E-state index is -1.86. The predicted molar refractivity (Wildman–Crippen MR) is 101 cm³/mol. The summed E-state index contributed by atoms with van der Waals surface area (Å²) in [6.07, 6.45) is -11.9. The molecule has 0 spiro atoms. The molecular formula is C20H20O12. The van der Waals surface area contributed by atoms with Crippen LogP contribution in [0.15, 0.2) is 30.3 Å². The first-order chi connectivity index (χ1) is 15.1. The van der Waals surface area contributed by atoms with Gasteiger partial charge in [0.05, 0.1) is 0 Å². The van der Waals surface area contributed by atoms with Crippen molar-refractivity contribution >= 4 is 5.78 Å². The van der Waals surface area contributed by atoms with E-state index in [1.807, 2.05) is 0 Å². The Morgan fingerprint density at radius 1 is 0.812 bits per heavy atom. The van der Waals surface area contributed by atoms with Crippen LogP contribution in [0.3, 0.4) is 0 Å². The van der Waals surface area contributed by atoms with Gasteiger partial charge in [0.25, 0.3) is 0 Å². The molecule has 1 saturated heterocycles. The number of phenolic OH excluding ortho intramolecular Hbond substituents is 3. The number of carbonyl (C=O) groups excluding carboxylic acids is 1. The number of hydrogen-bond donors (Lipinski definition) is 8. The van der Waals surface area contributed by atoms with Crippen molar-refractivity contribution in [1.82, 2.24) is 0 Å². The van der Waals surface area contributed by atoms with Gasteiger partial charge in [-0.15, -0.1) is 0 Å². The van der Waals surface area contributed by atoms with Crippen LogP contribution in [-0.2, 0) is 4.74 Å². The van der Waals surface area contributed by atoms with Gasteiger partial charge in [-0.2, -0.15) is 0 Å². The molecule has 2 aromatic carbocycles. The standard InChI is InChI=1S/C20H20O12/c21-8-2-1-6(3-9(8)22)18-15(26)13(24)12-10(23)4-7(5-11(12)31-18)30-20-17(28)14(25)16(27)19(29)32-20/h1-5,14-23,25-29H. The molecule has 1 fully saturated rings. The molecule has 32 heavy (non-hydrogen) atoms. The van der Waals surface area contributed by atoms with Crippen LogP contribution in [0.5, 0.6) is 28.7 Å². The number of rotatable bonds is 3. The maximum atomic E-state index is 12.6. The molecule has 172 valence electrons. The number of phenols is 3. The first-order valence-electron chi connectivity index (χ1n) is 9.40. The van der Waals surface area contributed by atoms with Gasteiger partial charge in [-0.25, -0.2) is 0 Å². The molecule has 0 aliphatic carbocycles. The minimum Gasteiger partial charge on any atom is -0.507 e. The van der Waals surface area contributed by atoms with Gasteiger partial charge in [-0.1, -0.05) is 6.07 Å². The normalized spacial score (nSPS) is 32.2. The first-order valence-corrected chi connectivity index (χ1v) is 9.40. The van der Waals surface area contributed by atoms with Crippen molar-refractivity contribution in [2.24, 2.45) is 0 Å². The lowest BCUT2D eigenvalue weighted by molar-refractivity contribution is -0.321. The molecule has 0 radical (unpaired) electrons. The van der Waals surface area contributed by atoms with Crippen molar-refractivity contribution in [3.63, 3.8) is 0 Å². The second-order valence-corrected chi connectivity index (χ2v) is 7.40. The number of hydrogen-bond acceptors (Lipinski definition) is 12. The van der Waals surface area contributed by atoms with Crippen LogP contribution in [0.25, 0.3) is 0 Å². The molecule has 8 N–H and O–H groups in total. The van der Waals surface area contributed by atoms with Crippen LogP contribution in [0.1, 0.15) is 22.0 Å². The average molecular weight is 452 g/mol. The SMILES string of the molecule is O=C1c2c(O)cc(OC3OC(O)C(O)C(O)C3O)cc2OC(c2ccc(O)c(O)c2)C1O. The highest BCUT2D eigenvalue weighted by Crippen LogP contribution is 2.43. The fourth-order valence-electron chi connectivity index (χ4n) is 3.50. The van der Waals surface area contributed by atoms with Gasteiger partial charge in [0, 0.05) is 12.1 Å². The zero-order valence-electron chi connectivity index (χ0n) is 16.1. The molecular weight excluding hydrogens is 432 g/mol. The van der Waals surface area contributed by atoms with E-state index < -0.39 is 66.1 Å². The zero-order valence-corrected chi connectivity index (χ0v) is 16.1. The van der Waals surface area contributed by atoms with E-state index in [4.69, 9.17) is 14.2 Å². The molecule has 7 unspecified atom stereocenters. The number of Topliss-reactive ketones (excluding diaryl/α,β-unsaturated/α-hetero) is 1. The molecule has 0 amide bonds. The van der Waals surface area contributed by atoms with Crippen LogP contribution in [0, 0.1) is 0 Å². The van der Waals surface area contributed by atoms with E-state index in [0.29, 0.717) is 0 Å². The fourth-order valence-corrected chi connectivity index (χ4v) is 3.50. The maximum Gasteiger partial charge on any atom is 0.231 e. The summed E-state index contributed by atoms with van der Waals surface area (Å²) in [6.45, 7) is 0. The number of ketones is 1. The third kappa shape index (κ3) is 3.68. The Morgan fingerprint density at radius 2 is 1.53 bits per heavy atom. The number of aliphatic hydroxyl groups is 5. The van der Waals surface area contributed by atoms with E-state index in [1.165, 1.54) is 6.07 Å². The molecule has 0 aromatic heterocycles. The van der Waals surface area contributed by atoms with Crippen molar-refractivity contribution in [3.05, 3.63) is 41.5 Å². The molecule has 7 atom stereocenters. The Hall–Kier alpha value is -3.13. The van der Waals surface area contributed by atoms with E-state index in [9.17, 15) is 45.6 Å². The van der Waals surface area contributed by atoms with Crippen LogP contribution >= 0.6 is 0 Å². The number of benzene rings is 2. The Balaban J connectivity index is 1.64. The van der Waals surface area contributed by atoms with Gasteiger partial charge >= 0.3 is 0 Å². The molecule has 0 bridgehead atoms. The lowest BCUT2D eigenvalue weighted by Crippen LogP contribution is -2.59. The molecule has 2 aliphatic heterocycles. The quantitative estimate of drug-likeness (QED) is 0.254. The third-order valence-corrected chi connectivity index (χ3v) is 5.24. The fraction of sp³-hybridized carbons (Fsp3) is 0.350. The molecule has 12 nitrogen and oxygen atoms in total. The van der Waals surface area contributed by atoms with E-state index >= 15 is 0 Å². The number of aliphatic hydroxyl groups excluding tert-OH is 5. The van der Waals surface area contributed by atoms with Crippen molar-refractivity contribution in [2.45, 2.75) is 43.1 Å². The van der Waals surface area contributed by atoms with Crippen molar-refractivity contribution in [2.75, 3.05) is 0 Å². The van der Waals surface area contributed by atoms with Crippen molar-refractivity contribution in [3.8, 4) is 28.7 Å². The Bertz CT molecular complexity index is 1040. The van der Waals surface area contributed by atoms with Crippen LogP contribution in [-0.4, -0.2) is 83.6 Å². The topological polar surface area (TPSA) is 207 Å². The van der Waals surface area contributed by atoms with Gasteiger partial charge in [0.15, 0.2) is 30.0 Å². The Kier molecular flexibility index (Phi) is 5.58. The summed E-state index contributed by atoms with van der Waals surface area (Å²) in [5, 5.41) is 78.8. The predicted octanol–water partition coefficient (Wildman–Crippen LogP) is -1.38. The average Bonchev–Trinajstić information content (AvgIpc) is 2.74. The second-order valence-electron chi connectivity index (χ2n) is 7.40. The number of fused-ring (bicyclic) bond motifs is 1. The summed E-state index contributed by atoms with van der Waals surface area (Å²) in [7, 11) is 0. The molecule has 2 heterocycles. The number of ether oxygens (including phenoxy) is 3. The first kappa shape index (κ1) is 22.1. The van der Waals surface area contributed by atoms with E-state index in [-0.39, 0.29) is 22.6 Å². The summed E-state index contributed by atoms with van der Waals surface area (Å²) in [5.74, 6) is -2.83. The highest BCUT2D eigenvalue weighted by atomic mass is 16.7. The third-order valence-electron chi connectivity index (χ3n) is 5.24. The monoisotopic (exact) mass is 452 g/mol. The largest absolute Gasteiger partial charge is 0.507 e. The summed E-state index contributed by atoms with van der Waals surface area (Å²) < 4.78 is 15.9. The van der Waals surface area contributed by atoms with Gasteiger partial charge in [0.1, 0.15) is 41.1 Å². The van der Waals surface area contributed by atoms with Gasteiger partial charge in [-0.05, 0) is 17.7 Å². The second kappa shape index (κ2) is 8.09. The van der Waals surface area contributed by atoms with Crippen molar-refractivity contribution < 1.29 is 59.9 Å². The lowest BCUT2D eigenvalue weighted by atomic mass is 9.92. The summed E-state index contributed by atoms with van der Waals surface area (Å²) in [4.78, 5) is 12.6. The maximum absolute atomic E-state index is 12.6.